The fourth-order valence-electron chi connectivity index (χ4n) is 1.12. The molecule has 0 N–H and O–H groups in total. The molecule has 0 spiro atoms. The zero-order valence-electron chi connectivity index (χ0n) is 8.71. The van der Waals surface area contributed by atoms with Gasteiger partial charge in [-0.25, -0.2) is 17.6 Å². The maximum absolute atomic E-state index is 13.3. The van der Waals surface area contributed by atoms with Crippen LogP contribution >= 0.6 is 0 Å². The van der Waals surface area contributed by atoms with Gasteiger partial charge in [-0.3, -0.25) is 9.47 Å². The molecule has 1 rings (SSSR count). The number of hydrogen-bond acceptors (Lipinski definition) is 2. The quantitative estimate of drug-likeness (QED) is 0.737. The Hall–Kier alpha value is -0.850. The highest BCUT2D eigenvalue weighted by Crippen LogP contribution is 2.56. The summed E-state index contributed by atoms with van der Waals surface area (Å²) in [4.78, 5) is 0. The molecule has 120 valence electrons. The van der Waals surface area contributed by atoms with Gasteiger partial charge in [-0.1, -0.05) is 0 Å². The predicted molar refractivity (Wildman–Crippen MR) is 36.6 cm³/mol. The monoisotopic (exact) mass is 328 g/mol. The Kier molecular flexibility index (Phi) is 3.94. The van der Waals surface area contributed by atoms with E-state index >= 15 is 0 Å². The highest BCUT2D eigenvalue weighted by atomic mass is 19.3. The Balaban J connectivity index is 3.20. The molecule has 2 nitrogen and oxygen atoms in total. The van der Waals surface area contributed by atoms with Crippen molar-refractivity contribution >= 4 is 0 Å². The van der Waals surface area contributed by atoms with Gasteiger partial charge in [0, 0.05) is 0 Å². The molecule has 0 aromatic rings. The van der Waals surface area contributed by atoms with Gasteiger partial charge in [0.15, 0.2) is 0 Å². The van der Waals surface area contributed by atoms with Gasteiger partial charge in [-0.05, 0) is 0 Å². The van der Waals surface area contributed by atoms with Crippen molar-refractivity contribution in [1.29, 1.82) is 0 Å². The second kappa shape index (κ2) is 4.58. The summed E-state index contributed by atoms with van der Waals surface area (Å²) in [7, 11) is 0. The van der Waals surface area contributed by atoms with E-state index in [0.29, 0.717) is 0 Å². The van der Waals surface area contributed by atoms with Gasteiger partial charge in [-0.15, -0.1) is 0 Å². The Labute approximate surface area is 102 Å². The van der Waals surface area contributed by atoms with Gasteiger partial charge in [0.1, 0.15) is 0 Å². The lowest BCUT2D eigenvalue weighted by molar-refractivity contribution is -0.379. The van der Waals surface area contributed by atoms with E-state index in [9.17, 15) is 48.3 Å². The second-order valence-corrected chi connectivity index (χ2v) is 3.58. The minimum atomic E-state index is -6.29. The lowest BCUT2D eigenvalue weighted by atomic mass is 10.1. The molecule has 0 aliphatic carbocycles. The first kappa shape index (κ1) is 17.2. The molecule has 2 atom stereocenters. The van der Waals surface area contributed by atoms with Crippen LogP contribution in [0.3, 0.4) is 0 Å². The van der Waals surface area contributed by atoms with Crippen LogP contribution in [-0.2, 0) is 9.47 Å². The number of ether oxygens (including phenoxy) is 2. The first-order valence-corrected chi connectivity index (χ1v) is 4.44. The molecular weight excluding hydrogens is 325 g/mol. The van der Waals surface area contributed by atoms with Gasteiger partial charge in [0.05, 0.1) is 0 Å². The fourth-order valence-corrected chi connectivity index (χ4v) is 1.12. The molecular formula is C7H3F11O2. The largest absolute Gasteiger partial charge is 0.423 e. The molecule has 1 saturated heterocycles. The van der Waals surface area contributed by atoms with E-state index in [2.05, 4.69) is 9.47 Å². The minimum Gasteiger partial charge on any atom is -0.297 e. The van der Waals surface area contributed by atoms with E-state index in [1.807, 2.05) is 0 Å². The molecule has 1 fully saturated rings. The molecule has 0 radical (unpaired) electrons. The summed E-state index contributed by atoms with van der Waals surface area (Å²) in [6.07, 6.45) is -20.0. The molecule has 1 aliphatic rings. The summed E-state index contributed by atoms with van der Waals surface area (Å²) in [6, 6.07) is 0. The van der Waals surface area contributed by atoms with Crippen molar-refractivity contribution in [1.82, 2.24) is 0 Å². The van der Waals surface area contributed by atoms with Crippen LogP contribution in [-0.4, -0.2) is 42.9 Å². The summed E-state index contributed by atoms with van der Waals surface area (Å²) in [5.74, 6) is -17.9. The maximum atomic E-state index is 13.3. The lowest BCUT2D eigenvalue weighted by Crippen LogP contribution is -2.59. The van der Waals surface area contributed by atoms with E-state index in [-0.39, 0.29) is 0 Å². The molecule has 2 unspecified atom stereocenters. The fraction of sp³-hybridized carbons (Fsp3) is 1.00. The van der Waals surface area contributed by atoms with Crippen molar-refractivity contribution in [3.8, 4) is 0 Å². The molecule has 0 aromatic carbocycles. The maximum Gasteiger partial charge on any atom is 0.423 e. The van der Waals surface area contributed by atoms with Gasteiger partial charge < -0.3 is 0 Å². The Morgan fingerprint density at radius 3 is 1.60 bits per heavy atom. The number of rotatable bonds is 4. The molecule has 0 saturated carbocycles. The predicted octanol–water partition coefficient (Wildman–Crippen LogP) is 3.42. The smallest absolute Gasteiger partial charge is 0.297 e. The highest BCUT2D eigenvalue weighted by Gasteiger charge is 2.83. The van der Waals surface area contributed by atoms with Crippen LogP contribution in [0.2, 0.25) is 0 Å². The van der Waals surface area contributed by atoms with E-state index in [1.54, 1.807) is 0 Å². The van der Waals surface area contributed by atoms with Crippen LogP contribution in [0, 0.1) is 0 Å². The van der Waals surface area contributed by atoms with Crippen LogP contribution in [0.5, 0.6) is 0 Å². The summed E-state index contributed by atoms with van der Waals surface area (Å²) in [5.41, 5.74) is 0. The molecule has 0 aromatic heterocycles. The zero-order chi connectivity index (χ0) is 16.1. The Morgan fingerprint density at radius 1 is 0.800 bits per heavy atom. The topological polar surface area (TPSA) is 18.5 Å². The minimum absolute atomic E-state index is 2.65. The van der Waals surface area contributed by atoms with E-state index < -0.39 is 42.9 Å². The van der Waals surface area contributed by atoms with Crippen LogP contribution in [0.1, 0.15) is 0 Å². The van der Waals surface area contributed by atoms with Crippen LogP contribution in [0.4, 0.5) is 48.3 Å². The Bertz CT molecular complexity index is 370. The number of halogens is 11. The first-order chi connectivity index (χ1) is 8.70. The van der Waals surface area contributed by atoms with Gasteiger partial charge in [0.25, 0.3) is 0 Å². The van der Waals surface area contributed by atoms with E-state index in [0.717, 1.165) is 0 Å². The van der Waals surface area contributed by atoms with E-state index in [4.69, 9.17) is 0 Å². The third-order valence-corrected chi connectivity index (χ3v) is 2.21. The van der Waals surface area contributed by atoms with Gasteiger partial charge in [-0.2, -0.15) is 30.7 Å². The number of alkyl halides is 11. The average Bonchev–Trinajstić information content (AvgIpc) is 2.51. The normalized spacial score (nSPS) is 31.4. The standard InChI is InChI=1S/C7H3F11O2/c8-1(9)4(12,13)3-19-6(16,7(17,18)20-3)5(14,15)2(10)11/h1-3H. The third-order valence-electron chi connectivity index (χ3n) is 2.21. The summed E-state index contributed by atoms with van der Waals surface area (Å²) in [5, 5.41) is 0. The molecule has 20 heavy (non-hydrogen) atoms. The van der Waals surface area contributed by atoms with E-state index in [1.165, 1.54) is 0 Å². The molecule has 1 heterocycles. The third kappa shape index (κ3) is 2.19. The molecule has 0 amide bonds. The lowest BCUT2D eigenvalue weighted by Gasteiger charge is -2.30. The SMILES string of the molecule is FC(F)C(F)(F)C1OC(F)(F)C(F)(C(F)(F)C(F)F)O1. The van der Waals surface area contributed by atoms with Crippen LogP contribution in [0.15, 0.2) is 0 Å². The van der Waals surface area contributed by atoms with Crippen molar-refractivity contribution in [2.45, 2.75) is 42.9 Å². The Morgan fingerprint density at radius 2 is 1.25 bits per heavy atom. The summed E-state index contributed by atoms with van der Waals surface area (Å²) in [6.45, 7) is 0. The molecule has 0 bridgehead atoms. The second-order valence-electron chi connectivity index (χ2n) is 3.58. The zero-order valence-corrected chi connectivity index (χ0v) is 8.71. The van der Waals surface area contributed by atoms with Crippen molar-refractivity contribution in [3.05, 3.63) is 0 Å². The van der Waals surface area contributed by atoms with Crippen molar-refractivity contribution < 1.29 is 57.8 Å². The summed E-state index contributed by atoms with van der Waals surface area (Å²) >= 11 is 0. The van der Waals surface area contributed by atoms with Crippen molar-refractivity contribution in [2.24, 2.45) is 0 Å². The van der Waals surface area contributed by atoms with Crippen LogP contribution < -0.4 is 0 Å². The van der Waals surface area contributed by atoms with Gasteiger partial charge in [0.2, 0.25) is 6.29 Å². The van der Waals surface area contributed by atoms with Crippen molar-refractivity contribution in [3.63, 3.8) is 0 Å². The molecule has 13 heteroatoms. The number of hydrogen-bond donors (Lipinski definition) is 0. The molecule has 1 aliphatic heterocycles. The van der Waals surface area contributed by atoms with Crippen molar-refractivity contribution in [2.75, 3.05) is 0 Å². The average molecular weight is 328 g/mol. The highest BCUT2D eigenvalue weighted by molar-refractivity contribution is 5.00. The van der Waals surface area contributed by atoms with Gasteiger partial charge >= 0.3 is 36.7 Å². The summed E-state index contributed by atoms with van der Waals surface area (Å²) < 4.78 is 142. The van der Waals surface area contributed by atoms with Crippen LogP contribution in [0.25, 0.3) is 0 Å². The first-order valence-electron chi connectivity index (χ1n) is 4.44.